The number of pyridine rings is 1. The van der Waals surface area contributed by atoms with Crippen molar-refractivity contribution in [2.45, 2.75) is 18.7 Å². The summed E-state index contributed by atoms with van der Waals surface area (Å²) in [5.74, 6) is 0. The fourth-order valence-electron chi connectivity index (χ4n) is 3.25. The molecule has 0 aliphatic heterocycles. The lowest BCUT2D eigenvalue weighted by Crippen LogP contribution is -2.14. The van der Waals surface area contributed by atoms with Crippen molar-refractivity contribution in [2.24, 2.45) is 10.9 Å². The second kappa shape index (κ2) is 7.98. The number of nitrogens with zero attached hydrogens (tertiary/aromatic N) is 1. The first-order valence-corrected chi connectivity index (χ1v) is 10.4. The van der Waals surface area contributed by atoms with E-state index in [4.69, 9.17) is 16.3 Å². The van der Waals surface area contributed by atoms with Gasteiger partial charge in [0.2, 0.25) is 10.0 Å². The number of allylic oxidation sites excluding steroid dienone is 1. The van der Waals surface area contributed by atoms with Crippen molar-refractivity contribution in [2.75, 3.05) is 0 Å². The Morgan fingerprint density at radius 3 is 2.10 bits per heavy atom. The second-order valence-corrected chi connectivity index (χ2v) is 8.22. The first-order valence-electron chi connectivity index (χ1n) is 8.88. The summed E-state index contributed by atoms with van der Waals surface area (Å²) in [5.41, 5.74) is 12.3. The Morgan fingerprint density at radius 1 is 0.931 bits per heavy atom. The zero-order chi connectivity index (χ0) is 21.2. The molecule has 148 valence electrons. The van der Waals surface area contributed by atoms with Crippen molar-refractivity contribution in [1.82, 2.24) is 4.98 Å². The van der Waals surface area contributed by atoms with Gasteiger partial charge in [0.25, 0.3) is 0 Å². The third-order valence-electron chi connectivity index (χ3n) is 4.98. The highest BCUT2D eigenvalue weighted by atomic mass is 32.2. The van der Waals surface area contributed by atoms with Crippen LogP contribution in [0.3, 0.4) is 0 Å². The van der Waals surface area contributed by atoms with Crippen molar-refractivity contribution in [3.05, 3.63) is 83.2 Å². The summed E-state index contributed by atoms with van der Waals surface area (Å²) in [6, 6.07) is 14.5. The number of hydrogen-bond donors (Lipinski definition) is 3. The summed E-state index contributed by atoms with van der Waals surface area (Å²) in [5, 5.41) is 13.1. The molecule has 0 aliphatic rings. The maximum Gasteiger partial charge on any atom is 0.238 e. The SMILES string of the molecule is Cc1c(-c2ccc(/C(C=N)=C(/N)c3ccncc3)cc2)ccc(S(N)(=O)=O)c1C. The van der Waals surface area contributed by atoms with Crippen LogP contribution in [0.4, 0.5) is 0 Å². The van der Waals surface area contributed by atoms with Crippen LogP contribution in [0.1, 0.15) is 22.3 Å². The minimum absolute atomic E-state index is 0.134. The molecular weight excluding hydrogens is 384 g/mol. The molecule has 0 saturated heterocycles. The lowest BCUT2D eigenvalue weighted by molar-refractivity contribution is 0.597. The Balaban J connectivity index is 2.03. The third kappa shape index (κ3) is 4.11. The lowest BCUT2D eigenvalue weighted by Gasteiger charge is -2.14. The molecule has 3 rings (SSSR count). The summed E-state index contributed by atoms with van der Waals surface area (Å²) in [4.78, 5) is 4.12. The Labute approximate surface area is 170 Å². The van der Waals surface area contributed by atoms with Gasteiger partial charge in [-0.25, -0.2) is 13.6 Å². The van der Waals surface area contributed by atoms with Crippen LogP contribution in [0.2, 0.25) is 0 Å². The number of benzene rings is 2. The molecule has 0 amide bonds. The summed E-state index contributed by atoms with van der Waals surface area (Å²) < 4.78 is 23.4. The molecule has 0 unspecified atom stereocenters. The van der Waals surface area contributed by atoms with Crippen LogP contribution in [0.25, 0.3) is 22.4 Å². The van der Waals surface area contributed by atoms with Gasteiger partial charge in [-0.2, -0.15) is 0 Å². The number of aromatic nitrogens is 1. The molecule has 0 bridgehead atoms. The number of nitrogens with two attached hydrogens (primary N) is 2. The maximum atomic E-state index is 11.7. The molecule has 1 aromatic heterocycles. The largest absolute Gasteiger partial charge is 0.398 e. The fourth-order valence-corrected chi connectivity index (χ4v) is 4.09. The molecule has 7 heteroatoms. The summed E-state index contributed by atoms with van der Waals surface area (Å²) >= 11 is 0. The van der Waals surface area contributed by atoms with E-state index in [1.54, 1.807) is 37.5 Å². The molecule has 0 atom stereocenters. The van der Waals surface area contributed by atoms with Crippen LogP contribution >= 0.6 is 0 Å². The van der Waals surface area contributed by atoms with Gasteiger partial charge in [0.15, 0.2) is 0 Å². The highest BCUT2D eigenvalue weighted by Crippen LogP contribution is 2.30. The van der Waals surface area contributed by atoms with Crippen LogP contribution in [0.15, 0.2) is 65.8 Å². The van der Waals surface area contributed by atoms with Crippen molar-refractivity contribution in [3.63, 3.8) is 0 Å². The van der Waals surface area contributed by atoms with Crippen molar-refractivity contribution in [3.8, 4) is 11.1 Å². The molecule has 6 nitrogen and oxygen atoms in total. The van der Waals surface area contributed by atoms with Crippen LogP contribution in [-0.4, -0.2) is 19.6 Å². The number of nitrogens with one attached hydrogen (secondary N) is 1. The van der Waals surface area contributed by atoms with Crippen LogP contribution in [0.5, 0.6) is 0 Å². The van der Waals surface area contributed by atoms with Gasteiger partial charge in [-0.1, -0.05) is 30.3 Å². The Kier molecular flexibility index (Phi) is 5.63. The van der Waals surface area contributed by atoms with E-state index in [2.05, 4.69) is 4.98 Å². The van der Waals surface area contributed by atoms with Crippen molar-refractivity contribution >= 4 is 27.5 Å². The molecule has 0 radical (unpaired) electrons. The second-order valence-electron chi connectivity index (χ2n) is 6.69. The van der Waals surface area contributed by atoms with E-state index in [1.807, 2.05) is 31.2 Å². The Hall–Kier alpha value is -3.29. The quantitative estimate of drug-likeness (QED) is 0.561. The first-order chi connectivity index (χ1) is 13.7. The van der Waals surface area contributed by atoms with Gasteiger partial charge in [-0.15, -0.1) is 0 Å². The molecule has 0 fully saturated rings. The molecule has 3 aromatic rings. The lowest BCUT2D eigenvalue weighted by atomic mass is 9.94. The molecule has 29 heavy (non-hydrogen) atoms. The van der Waals surface area contributed by atoms with E-state index in [-0.39, 0.29) is 4.90 Å². The van der Waals surface area contributed by atoms with Gasteiger partial charge < -0.3 is 11.1 Å². The minimum Gasteiger partial charge on any atom is -0.398 e. The monoisotopic (exact) mass is 406 g/mol. The van der Waals surface area contributed by atoms with E-state index >= 15 is 0 Å². The predicted molar refractivity (Wildman–Crippen MR) is 117 cm³/mol. The average Bonchev–Trinajstić information content (AvgIpc) is 2.71. The molecule has 2 aromatic carbocycles. The topological polar surface area (TPSA) is 123 Å². The maximum absolute atomic E-state index is 11.7. The van der Waals surface area contributed by atoms with E-state index in [1.165, 1.54) is 12.3 Å². The molecular formula is C22H22N4O2S. The first kappa shape index (κ1) is 20.4. The highest BCUT2D eigenvalue weighted by molar-refractivity contribution is 7.89. The number of sulfonamides is 1. The summed E-state index contributed by atoms with van der Waals surface area (Å²) in [6.07, 6.45) is 4.55. The van der Waals surface area contributed by atoms with Crippen LogP contribution in [-0.2, 0) is 10.0 Å². The van der Waals surface area contributed by atoms with Crippen molar-refractivity contribution < 1.29 is 8.42 Å². The number of rotatable bonds is 5. The van der Waals surface area contributed by atoms with Gasteiger partial charge in [-0.05, 0) is 59.9 Å². The van der Waals surface area contributed by atoms with E-state index in [9.17, 15) is 8.42 Å². The van der Waals surface area contributed by atoms with Crippen LogP contribution in [0, 0.1) is 19.3 Å². The Bertz CT molecular complexity index is 1200. The van der Waals surface area contributed by atoms with Crippen LogP contribution < -0.4 is 10.9 Å². The molecule has 0 spiro atoms. The highest BCUT2D eigenvalue weighted by Gasteiger charge is 2.16. The zero-order valence-corrected chi connectivity index (χ0v) is 17.0. The van der Waals surface area contributed by atoms with E-state index < -0.39 is 10.0 Å². The van der Waals surface area contributed by atoms with Gasteiger partial charge in [0.05, 0.1) is 4.90 Å². The smallest absolute Gasteiger partial charge is 0.238 e. The summed E-state index contributed by atoms with van der Waals surface area (Å²) in [6.45, 7) is 3.62. The zero-order valence-electron chi connectivity index (χ0n) is 16.2. The molecule has 1 heterocycles. The molecule has 0 saturated carbocycles. The third-order valence-corrected chi connectivity index (χ3v) is 6.03. The van der Waals surface area contributed by atoms with Gasteiger partial charge in [0, 0.05) is 35.4 Å². The van der Waals surface area contributed by atoms with Gasteiger partial charge in [0.1, 0.15) is 0 Å². The average molecular weight is 407 g/mol. The normalized spacial score (nSPS) is 12.4. The van der Waals surface area contributed by atoms with E-state index in [0.717, 1.165) is 27.8 Å². The van der Waals surface area contributed by atoms with Gasteiger partial charge >= 0.3 is 0 Å². The number of hydrogen-bond acceptors (Lipinski definition) is 5. The molecule has 5 N–H and O–H groups in total. The minimum atomic E-state index is -3.76. The standard InChI is InChI=1S/C22H22N4O2S/c1-14-15(2)21(29(25,27)28)8-7-19(14)16-3-5-17(6-4-16)20(13-23)22(24)18-9-11-26-12-10-18/h3-13,23H,24H2,1-2H3,(H2,25,27,28)/b22-20+,23-13?. The van der Waals surface area contributed by atoms with E-state index in [0.29, 0.717) is 16.8 Å². The number of primary sulfonamides is 1. The molecule has 0 aliphatic carbocycles. The predicted octanol–water partition coefficient (Wildman–Crippen LogP) is 3.49. The van der Waals surface area contributed by atoms with Crippen molar-refractivity contribution in [1.29, 1.82) is 5.41 Å². The fraction of sp³-hybridized carbons (Fsp3) is 0.0909. The van der Waals surface area contributed by atoms with Gasteiger partial charge in [-0.3, -0.25) is 4.98 Å². The summed E-state index contributed by atoms with van der Waals surface area (Å²) in [7, 11) is -3.76. The Morgan fingerprint density at radius 2 is 1.55 bits per heavy atom.